The molecule has 0 heterocycles. The molecule has 0 bridgehead atoms. The van der Waals surface area contributed by atoms with E-state index in [-0.39, 0.29) is 5.60 Å². The molecule has 14 heavy (non-hydrogen) atoms. The van der Waals surface area contributed by atoms with Gasteiger partial charge in [-0.1, -0.05) is 34.5 Å². The van der Waals surface area contributed by atoms with Gasteiger partial charge in [-0.3, -0.25) is 0 Å². The molecule has 0 aromatic heterocycles. The second-order valence-corrected chi connectivity index (χ2v) is 4.71. The summed E-state index contributed by atoms with van der Waals surface area (Å²) in [5, 5.41) is 0.966. The van der Waals surface area contributed by atoms with Crippen molar-refractivity contribution in [2.75, 3.05) is 12.4 Å². The lowest BCUT2D eigenvalue weighted by atomic mass is 9.94. The molecular formula is C12H23BrO. The normalized spacial score (nSPS) is 16.8. The van der Waals surface area contributed by atoms with Gasteiger partial charge in [-0.15, -0.1) is 0 Å². The predicted octanol–water partition coefficient (Wildman–Crippen LogP) is 4.31. The number of halogens is 1. The van der Waals surface area contributed by atoms with Crippen LogP contribution in [0.4, 0.5) is 0 Å². The van der Waals surface area contributed by atoms with Crippen molar-refractivity contribution in [3.05, 3.63) is 11.6 Å². The van der Waals surface area contributed by atoms with Gasteiger partial charge in [0.05, 0.1) is 5.60 Å². The van der Waals surface area contributed by atoms with Crippen LogP contribution in [0.3, 0.4) is 0 Å². The summed E-state index contributed by atoms with van der Waals surface area (Å²) in [6.45, 7) is 6.57. The van der Waals surface area contributed by atoms with Crippen molar-refractivity contribution in [2.45, 2.75) is 52.1 Å². The van der Waals surface area contributed by atoms with Crippen LogP contribution in [0.15, 0.2) is 11.6 Å². The molecule has 0 rings (SSSR count). The van der Waals surface area contributed by atoms with Crippen LogP contribution >= 0.6 is 15.9 Å². The predicted molar refractivity (Wildman–Crippen MR) is 67.1 cm³/mol. The van der Waals surface area contributed by atoms with Gasteiger partial charge in [-0.2, -0.15) is 0 Å². The van der Waals surface area contributed by atoms with E-state index < -0.39 is 0 Å². The average molecular weight is 263 g/mol. The first kappa shape index (κ1) is 14.2. The van der Waals surface area contributed by atoms with Gasteiger partial charge in [-0.05, 0) is 39.5 Å². The van der Waals surface area contributed by atoms with Crippen molar-refractivity contribution in [3.63, 3.8) is 0 Å². The molecule has 0 aromatic carbocycles. The number of hydrogen-bond acceptors (Lipinski definition) is 1. The summed E-state index contributed by atoms with van der Waals surface area (Å²) in [5.74, 6) is 0. The van der Waals surface area contributed by atoms with Gasteiger partial charge >= 0.3 is 0 Å². The fourth-order valence-corrected chi connectivity index (χ4v) is 1.95. The molecule has 0 fully saturated rings. The lowest BCUT2D eigenvalue weighted by molar-refractivity contribution is -0.00563. The van der Waals surface area contributed by atoms with Crippen molar-refractivity contribution in [1.29, 1.82) is 0 Å². The Kier molecular flexibility index (Phi) is 7.56. The fraction of sp³-hybridized carbons (Fsp3) is 0.833. The minimum atomic E-state index is 0.0781. The Morgan fingerprint density at radius 1 is 1.50 bits per heavy atom. The minimum Gasteiger partial charge on any atom is -0.379 e. The standard InChI is InChI=1S/C12H23BrO/c1-5-12(3,14-4)9-6-7-11(2)8-10-13/h8H,5-7,9-10H2,1-4H3/b11-8+. The van der Waals surface area contributed by atoms with Crippen LogP contribution in [0, 0.1) is 0 Å². The van der Waals surface area contributed by atoms with Gasteiger partial charge in [0.1, 0.15) is 0 Å². The van der Waals surface area contributed by atoms with Gasteiger partial charge in [0, 0.05) is 12.4 Å². The van der Waals surface area contributed by atoms with Gasteiger partial charge in [0.15, 0.2) is 0 Å². The van der Waals surface area contributed by atoms with E-state index in [2.05, 4.69) is 42.8 Å². The Bertz CT molecular complexity index is 171. The zero-order valence-electron chi connectivity index (χ0n) is 9.90. The fourth-order valence-electron chi connectivity index (χ4n) is 1.40. The van der Waals surface area contributed by atoms with E-state index in [4.69, 9.17) is 4.74 Å². The van der Waals surface area contributed by atoms with Crippen LogP contribution in [0.25, 0.3) is 0 Å². The molecule has 1 nitrogen and oxygen atoms in total. The largest absolute Gasteiger partial charge is 0.379 e. The lowest BCUT2D eigenvalue weighted by Crippen LogP contribution is -2.25. The number of hydrogen-bond donors (Lipinski definition) is 0. The Balaban J connectivity index is 3.77. The molecule has 0 saturated heterocycles. The van der Waals surface area contributed by atoms with E-state index in [9.17, 15) is 0 Å². The summed E-state index contributed by atoms with van der Waals surface area (Å²) in [6.07, 6.45) is 6.87. The van der Waals surface area contributed by atoms with Crippen LogP contribution in [0.5, 0.6) is 0 Å². The van der Waals surface area contributed by atoms with Gasteiger partial charge in [-0.25, -0.2) is 0 Å². The Labute approximate surface area is 97.0 Å². The Morgan fingerprint density at radius 2 is 2.14 bits per heavy atom. The molecule has 0 saturated carbocycles. The maximum absolute atomic E-state index is 5.50. The third-order valence-corrected chi connectivity index (χ3v) is 3.27. The molecule has 0 aromatic rings. The highest BCUT2D eigenvalue weighted by molar-refractivity contribution is 9.09. The van der Waals surface area contributed by atoms with Crippen molar-refractivity contribution < 1.29 is 4.74 Å². The highest BCUT2D eigenvalue weighted by Gasteiger charge is 2.19. The van der Waals surface area contributed by atoms with Crippen molar-refractivity contribution >= 4 is 15.9 Å². The molecule has 1 atom stereocenters. The zero-order chi connectivity index (χ0) is 11.0. The Morgan fingerprint density at radius 3 is 2.57 bits per heavy atom. The van der Waals surface area contributed by atoms with Gasteiger partial charge in [0.25, 0.3) is 0 Å². The second-order valence-electron chi connectivity index (χ2n) is 4.07. The van der Waals surface area contributed by atoms with E-state index in [1.54, 1.807) is 0 Å². The molecule has 0 radical (unpaired) electrons. The van der Waals surface area contributed by atoms with Crippen molar-refractivity contribution in [3.8, 4) is 0 Å². The zero-order valence-corrected chi connectivity index (χ0v) is 11.5. The monoisotopic (exact) mass is 262 g/mol. The first-order chi connectivity index (χ1) is 6.58. The summed E-state index contributed by atoms with van der Waals surface area (Å²) in [6, 6.07) is 0. The van der Waals surface area contributed by atoms with E-state index >= 15 is 0 Å². The molecule has 1 unspecified atom stereocenters. The highest BCUT2D eigenvalue weighted by Crippen LogP contribution is 2.22. The first-order valence-corrected chi connectivity index (χ1v) is 6.47. The molecule has 0 N–H and O–H groups in total. The second kappa shape index (κ2) is 7.47. The number of alkyl halides is 1. The summed E-state index contributed by atoms with van der Waals surface area (Å²) in [4.78, 5) is 0. The molecule has 0 spiro atoms. The molecule has 2 heteroatoms. The third-order valence-electron chi connectivity index (χ3n) is 2.94. The number of allylic oxidation sites excluding steroid dienone is 2. The minimum absolute atomic E-state index is 0.0781. The van der Waals surface area contributed by atoms with Gasteiger partial charge < -0.3 is 4.74 Å². The average Bonchev–Trinajstić information content (AvgIpc) is 2.18. The molecule has 0 aliphatic rings. The van der Waals surface area contributed by atoms with Crippen LogP contribution in [0.1, 0.15) is 46.5 Å². The van der Waals surface area contributed by atoms with Gasteiger partial charge in [0.2, 0.25) is 0 Å². The summed E-state index contributed by atoms with van der Waals surface area (Å²) >= 11 is 3.41. The van der Waals surface area contributed by atoms with E-state index in [1.165, 1.54) is 18.4 Å². The maximum atomic E-state index is 5.50. The number of ether oxygens (including phenoxy) is 1. The first-order valence-electron chi connectivity index (χ1n) is 5.34. The summed E-state index contributed by atoms with van der Waals surface area (Å²) in [7, 11) is 1.81. The number of methoxy groups -OCH3 is 1. The van der Waals surface area contributed by atoms with Crippen molar-refractivity contribution in [2.24, 2.45) is 0 Å². The summed E-state index contributed by atoms with van der Waals surface area (Å²) < 4.78 is 5.50. The molecule has 84 valence electrons. The third kappa shape index (κ3) is 5.82. The van der Waals surface area contributed by atoms with Crippen molar-refractivity contribution in [1.82, 2.24) is 0 Å². The smallest absolute Gasteiger partial charge is 0.0648 e. The topological polar surface area (TPSA) is 9.23 Å². The van der Waals surface area contributed by atoms with Crippen LogP contribution < -0.4 is 0 Å². The summed E-state index contributed by atoms with van der Waals surface area (Å²) in [5.41, 5.74) is 1.55. The maximum Gasteiger partial charge on any atom is 0.0648 e. The van der Waals surface area contributed by atoms with Crippen LogP contribution in [-0.2, 0) is 4.74 Å². The molecule has 0 aliphatic carbocycles. The van der Waals surface area contributed by atoms with E-state index in [1.807, 2.05) is 7.11 Å². The number of rotatable bonds is 7. The lowest BCUT2D eigenvalue weighted by Gasteiger charge is -2.26. The van der Waals surface area contributed by atoms with Crippen LogP contribution in [-0.4, -0.2) is 18.0 Å². The van der Waals surface area contributed by atoms with Crippen LogP contribution in [0.2, 0.25) is 0 Å². The Hall–Kier alpha value is 0.180. The van der Waals surface area contributed by atoms with E-state index in [0.717, 1.165) is 18.2 Å². The molecular weight excluding hydrogens is 240 g/mol. The molecule has 0 aliphatic heterocycles. The molecule has 0 amide bonds. The van der Waals surface area contributed by atoms with E-state index in [0.29, 0.717) is 0 Å². The quantitative estimate of drug-likeness (QED) is 0.491. The highest BCUT2D eigenvalue weighted by atomic mass is 79.9. The SMILES string of the molecule is CCC(C)(CCC/C(C)=C/CBr)OC.